The maximum atomic E-state index is 14.2. The average molecular weight is 399 g/mol. The second-order valence-corrected chi connectivity index (χ2v) is 7.83. The van der Waals surface area contributed by atoms with Crippen LogP contribution in [0, 0.1) is 19.7 Å². The molecule has 28 heavy (non-hydrogen) atoms. The van der Waals surface area contributed by atoms with E-state index in [-0.39, 0.29) is 23.5 Å². The highest BCUT2D eigenvalue weighted by molar-refractivity contribution is 7.99. The number of nitrogens with one attached hydrogen (secondary N) is 1. The first kappa shape index (κ1) is 20.1. The first-order valence-electron chi connectivity index (χ1n) is 9.06. The van der Waals surface area contributed by atoms with Crippen LogP contribution >= 0.6 is 11.8 Å². The third-order valence-electron chi connectivity index (χ3n) is 4.42. The van der Waals surface area contributed by atoms with Gasteiger partial charge in [0.2, 0.25) is 5.91 Å². The van der Waals surface area contributed by atoms with E-state index < -0.39 is 0 Å². The molecule has 0 bridgehead atoms. The number of anilines is 1. The lowest BCUT2D eigenvalue weighted by molar-refractivity contribution is -0.113. The van der Waals surface area contributed by atoms with E-state index in [1.807, 2.05) is 50.5 Å². The van der Waals surface area contributed by atoms with Gasteiger partial charge in [-0.25, -0.2) is 4.39 Å². The molecule has 0 aliphatic carbocycles. The molecule has 0 aliphatic heterocycles. The lowest BCUT2D eigenvalue weighted by Crippen LogP contribution is -2.15. The predicted octanol–water partition coefficient (Wildman–Crippen LogP) is 5.01. The molecule has 0 spiro atoms. The summed E-state index contributed by atoms with van der Waals surface area (Å²) in [7, 11) is 0. The minimum Gasteiger partial charge on any atom is -0.325 e. The molecule has 0 atom stereocenters. The molecule has 0 saturated heterocycles. The van der Waals surface area contributed by atoms with Crippen LogP contribution in [0.25, 0.3) is 11.4 Å². The molecule has 0 fully saturated rings. The van der Waals surface area contributed by atoms with Gasteiger partial charge in [0.15, 0.2) is 11.0 Å². The maximum absolute atomic E-state index is 14.2. The summed E-state index contributed by atoms with van der Waals surface area (Å²) in [5, 5.41) is 11.8. The quantitative estimate of drug-likeness (QED) is 0.593. The van der Waals surface area contributed by atoms with Crippen LogP contribution in [-0.2, 0) is 4.79 Å². The largest absolute Gasteiger partial charge is 0.325 e. The Morgan fingerprint density at radius 1 is 1.14 bits per heavy atom. The maximum Gasteiger partial charge on any atom is 0.234 e. The van der Waals surface area contributed by atoms with Crippen LogP contribution in [0.1, 0.15) is 31.0 Å². The third kappa shape index (κ3) is 4.42. The third-order valence-corrected chi connectivity index (χ3v) is 5.36. The van der Waals surface area contributed by atoms with Crippen LogP contribution in [0.3, 0.4) is 0 Å². The molecule has 3 aromatic rings. The van der Waals surface area contributed by atoms with Gasteiger partial charge in [0.05, 0.1) is 11.3 Å². The summed E-state index contributed by atoms with van der Waals surface area (Å²) in [6.07, 6.45) is 0. The van der Waals surface area contributed by atoms with Gasteiger partial charge in [-0.3, -0.25) is 9.36 Å². The molecule has 0 unspecified atom stereocenters. The minimum atomic E-state index is -0.346. The van der Waals surface area contributed by atoms with E-state index in [0.29, 0.717) is 16.5 Å². The molecule has 0 aliphatic rings. The Labute approximate surface area is 168 Å². The first-order chi connectivity index (χ1) is 13.4. The van der Waals surface area contributed by atoms with Crippen molar-refractivity contribution in [3.05, 3.63) is 59.4 Å². The summed E-state index contributed by atoms with van der Waals surface area (Å²) < 4.78 is 16.0. The molecule has 146 valence electrons. The number of hydrogen-bond donors (Lipinski definition) is 1. The van der Waals surface area contributed by atoms with Crippen molar-refractivity contribution < 1.29 is 9.18 Å². The molecule has 3 rings (SSSR count). The van der Waals surface area contributed by atoms with Gasteiger partial charge in [-0.2, -0.15) is 0 Å². The van der Waals surface area contributed by atoms with Crippen molar-refractivity contribution in [2.45, 2.75) is 38.9 Å². The highest BCUT2D eigenvalue weighted by atomic mass is 32.2. The van der Waals surface area contributed by atoms with Gasteiger partial charge in [0.1, 0.15) is 5.82 Å². The lowest BCUT2D eigenvalue weighted by atomic mass is 10.1. The lowest BCUT2D eigenvalue weighted by Gasteiger charge is -2.14. The SMILES string of the molecule is Cc1ccc(NC(=O)CSc2nnc(-c3ccccc3F)n2C(C)C)cc1C. The molecule has 2 aromatic carbocycles. The summed E-state index contributed by atoms with van der Waals surface area (Å²) in [6.45, 7) is 8.00. The van der Waals surface area contributed by atoms with Crippen LogP contribution in [0.5, 0.6) is 0 Å². The van der Waals surface area contributed by atoms with Crippen molar-refractivity contribution in [2.24, 2.45) is 0 Å². The van der Waals surface area contributed by atoms with Gasteiger partial charge >= 0.3 is 0 Å². The fourth-order valence-electron chi connectivity index (χ4n) is 2.81. The van der Waals surface area contributed by atoms with Crippen molar-refractivity contribution in [3.63, 3.8) is 0 Å². The molecular formula is C21H23FN4OS. The predicted molar refractivity (Wildman–Crippen MR) is 111 cm³/mol. The summed E-state index contributed by atoms with van der Waals surface area (Å²) in [5.41, 5.74) is 3.47. The molecule has 1 amide bonds. The van der Waals surface area contributed by atoms with E-state index in [0.717, 1.165) is 11.3 Å². The van der Waals surface area contributed by atoms with Gasteiger partial charge in [-0.15, -0.1) is 10.2 Å². The Morgan fingerprint density at radius 2 is 1.89 bits per heavy atom. The van der Waals surface area contributed by atoms with Crippen molar-refractivity contribution in [1.29, 1.82) is 0 Å². The summed E-state index contributed by atoms with van der Waals surface area (Å²) in [6, 6.07) is 12.3. The number of thioether (sulfide) groups is 1. The fraction of sp³-hybridized carbons (Fsp3) is 0.286. The average Bonchev–Trinajstić information content (AvgIpc) is 3.07. The topological polar surface area (TPSA) is 59.8 Å². The van der Waals surface area contributed by atoms with Crippen molar-refractivity contribution in [3.8, 4) is 11.4 Å². The van der Waals surface area contributed by atoms with Crippen LogP contribution in [0.15, 0.2) is 47.6 Å². The molecule has 1 heterocycles. The monoisotopic (exact) mass is 398 g/mol. The van der Waals surface area contributed by atoms with Crippen LogP contribution < -0.4 is 5.32 Å². The first-order valence-corrected chi connectivity index (χ1v) is 10.0. The Kier molecular flexibility index (Phi) is 6.14. The molecule has 1 N–H and O–H groups in total. The molecule has 7 heteroatoms. The highest BCUT2D eigenvalue weighted by Crippen LogP contribution is 2.29. The Balaban J connectivity index is 1.75. The summed E-state index contributed by atoms with van der Waals surface area (Å²) in [5.74, 6) is 0.180. The van der Waals surface area contributed by atoms with Crippen LogP contribution in [0.4, 0.5) is 10.1 Å². The Morgan fingerprint density at radius 3 is 2.57 bits per heavy atom. The van der Waals surface area contributed by atoms with Crippen LogP contribution in [-0.4, -0.2) is 26.4 Å². The van der Waals surface area contributed by atoms with E-state index >= 15 is 0 Å². The molecular weight excluding hydrogens is 375 g/mol. The summed E-state index contributed by atoms with van der Waals surface area (Å²) in [4.78, 5) is 12.3. The molecule has 5 nitrogen and oxygen atoms in total. The van der Waals surface area contributed by atoms with E-state index in [9.17, 15) is 9.18 Å². The fourth-order valence-corrected chi connectivity index (χ4v) is 3.68. The number of rotatable bonds is 6. The van der Waals surface area contributed by atoms with E-state index in [1.165, 1.54) is 23.4 Å². The number of hydrogen-bond acceptors (Lipinski definition) is 4. The number of halogens is 1. The number of nitrogens with zero attached hydrogens (tertiary/aromatic N) is 3. The second-order valence-electron chi connectivity index (χ2n) is 6.89. The zero-order valence-electron chi connectivity index (χ0n) is 16.4. The van der Waals surface area contributed by atoms with E-state index in [4.69, 9.17) is 0 Å². The van der Waals surface area contributed by atoms with Gasteiger partial charge in [0.25, 0.3) is 0 Å². The number of benzene rings is 2. The van der Waals surface area contributed by atoms with Gasteiger partial charge in [-0.1, -0.05) is 30.0 Å². The molecule has 0 saturated carbocycles. The number of aromatic nitrogens is 3. The van der Waals surface area contributed by atoms with Gasteiger partial charge in [0, 0.05) is 11.7 Å². The number of carbonyl (C=O) groups excluding carboxylic acids is 1. The second kappa shape index (κ2) is 8.56. The van der Waals surface area contributed by atoms with Crippen LogP contribution in [0.2, 0.25) is 0 Å². The zero-order valence-corrected chi connectivity index (χ0v) is 17.2. The number of aryl methyl sites for hydroxylation is 2. The Hall–Kier alpha value is -2.67. The standard InChI is InChI=1S/C21H23FN4OS/c1-13(2)26-20(17-7-5-6-8-18(17)22)24-25-21(26)28-12-19(27)23-16-10-9-14(3)15(4)11-16/h5-11,13H,12H2,1-4H3,(H,23,27). The molecule has 0 radical (unpaired) electrons. The highest BCUT2D eigenvalue weighted by Gasteiger charge is 2.19. The summed E-state index contributed by atoms with van der Waals surface area (Å²) >= 11 is 1.29. The number of amides is 1. The Bertz CT molecular complexity index is 1000. The van der Waals surface area contributed by atoms with Crippen molar-refractivity contribution in [1.82, 2.24) is 14.8 Å². The molecule has 1 aromatic heterocycles. The van der Waals surface area contributed by atoms with Gasteiger partial charge < -0.3 is 5.32 Å². The van der Waals surface area contributed by atoms with Crippen molar-refractivity contribution in [2.75, 3.05) is 11.1 Å². The minimum absolute atomic E-state index is 0.0231. The van der Waals surface area contributed by atoms with E-state index in [2.05, 4.69) is 15.5 Å². The normalized spacial score (nSPS) is 11.1. The smallest absolute Gasteiger partial charge is 0.234 e. The van der Waals surface area contributed by atoms with Gasteiger partial charge in [-0.05, 0) is 63.1 Å². The van der Waals surface area contributed by atoms with E-state index in [1.54, 1.807) is 18.2 Å². The van der Waals surface area contributed by atoms with Crippen molar-refractivity contribution >= 4 is 23.4 Å². The number of carbonyl (C=O) groups is 1. The zero-order chi connectivity index (χ0) is 20.3.